The average Bonchev–Trinajstić information content (AvgIpc) is 2.89. The second-order valence-corrected chi connectivity index (χ2v) is 7.13. The van der Waals surface area contributed by atoms with E-state index in [0.717, 1.165) is 8.66 Å². The number of halogens is 2. The van der Waals surface area contributed by atoms with Crippen molar-refractivity contribution in [3.05, 3.63) is 48.6 Å². The van der Waals surface area contributed by atoms with Gasteiger partial charge in [-0.3, -0.25) is 10.1 Å². The summed E-state index contributed by atoms with van der Waals surface area (Å²) in [6, 6.07) is 6.88. The maximum Gasteiger partial charge on any atom is 0.277 e. The van der Waals surface area contributed by atoms with Crippen molar-refractivity contribution >= 4 is 48.9 Å². The summed E-state index contributed by atoms with van der Waals surface area (Å²) in [5.41, 5.74) is 0.554. The number of rotatable bonds is 6. The predicted molar refractivity (Wildman–Crippen MR) is 88.6 cm³/mol. The van der Waals surface area contributed by atoms with Gasteiger partial charge in [0.25, 0.3) is 5.69 Å². The molecule has 0 bridgehead atoms. The Bertz CT molecular complexity index is 660. The Morgan fingerprint density at radius 3 is 2.62 bits per heavy atom. The fraction of sp³-hybridized carbons (Fsp3) is 0.231. The quantitative estimate of drug-likeness (QED) is 0.367. The van der Waals surface area contributed by atoms with Crippen LogP contribution in [0.15, 0.2) is 28.1 Å². The van der Waals surface area contributed by atoms with Gasteiger partial charge in [-0.25, -0.2) is 0 Å². The van der Waals surface area contributed by atoms with Gasteiger partial charge in [-0.1, -0.05) is 15.9 Å². The Morgan fingerprint density at radius 2 is 2.10 bits per heavy atom. The highest BCUT2D eigenvalue weighted by molar-refractivity contribution is 9.11. The van der Waals surface area contributed by atoms with E-state index in [4.69, 9.17) is 9.47 Å². The number of nitrogens with zero attached hydrogens (tertiary/aromatic N) is 1. The molecule has 0 radical (unpaired) electrons. The molecule has 0 spiro atoms. The van der Waals surface area contributed by atoms with Gasteiger partial charge < -0.3 is 9.47 Å². The SMILES string of the molecule is COc1cc(CBr)c([N+](=O)[O-])cc1OCc1ccc(Br)s1. The van der Waals surface area contributed by atoms with Crippen molar-refractivity contribution < 1.29 is 14.4 Å². The molecule has 1 heterocycles. The van der Waals surface area contributed by atoms with Crippen molar-refractivity contribution in [2.45, 2.75) is 11.9 Å². The van der Waals surface area contributed by atoms with Gasteiger partial charge in [0.05, 0.1) is 21.9 Å². The number of nitro benzene ring substituents is 1. The van der Waals surface area contributed by atoms with Crippen LogP contribution in [0.4, 0.5) is 5.69 Å². The van der Waals surface area contributed by atoms with Gasteiger partial charge in [-0.05, 0) is 34.1 Å². The predicted octanol–water partition coefficient (Wildman–Crippen LogP) is 4.90. The van der Waals surface area contributed by atoms with E-state index in [9.17, 15) is 10.1 Å². The minimum atomic E-state index is -0.426. The molecule has 2 rings (SSSR count). The fourth-order valence-corrected chi connectivity index (χ4v) is 3.56. The molecule has 0 aliphatic carbocycles. The monoisotopic (exact) mass is 435 g/mol. The molecule has 21 heavy (non-hydrogen) atoms. The Labute approximate surface area is 142 Å². The van der Waals surface area contributed by atoms with Crippen LogP contribution >= 0.6 is 43.2 Å². The molecular formula is C13H11Br2NO4S. The van der Waals surface area contributed by atoms with E-state index in [2.05, 4.69) is 31.9 Å². The average molecular weight is 437 g/mol. The zero-order chi connectivity index (χ0) is 15.4. The number of hydrogen-bond acceptors (Lipinski definition) is 5. The lowest BCUT2D eigenvalue weighted by atomic mass is 10.2. The zero-order valence-electron chi connectivity index (χ0n) is 11.0. The molecule has 0 atom stereocenters. The van der Waals surface area contributed by atoms with E-state index in [0.29, 0.717) is 29.0 Å². The van der Waals surface area contributed by atoms with Crippen LogP contribution in [0.5, 0.6) is 11.5 Å². The summed E-state index contributed by atoms with van der Waals surface area (Å²) in [6.07, 6.45) is 0. The van der Waals surface area contributed by atoms with Gasteiger partial charge in [0, 0.05) is 15.8 Å². The van der Waals surface area contributed by atoms with Crippen LogP contribution in [0, 0.1) is 10.1 Å². The molecule has 1 aromatic heterocycles. The summed E-state index contributed by atoms with van der Waals surface area (Å²) < 4.78 is 11.9. The molecule has 0 fully saturated rings. The fourth-order valence-electron chi connectivity index (χ4n) is 1.72. The largest absolute Gasteiger partial charge is 0.493 e. The lowest BCUT2D eigenvalue weighted by Crippen LogP contribution is -2.00. The van der Waals surface area contributed by atoms with Crippen molar-refractivity contribution in [2.75, 3.05) is 7.11 Å². The number of ether oxygens (including phenoxy) is 2. The first kappa shape index (κ1) is 16.3. The molecule has 0 amide bonds. The van der Waals surface area contributed by atoms with Crippen LogP contribution in [0.25, 0.3) is 0 Å². The molecule has 5 nitrogen and oxygen atoms in total. The molecule has 0 aliphatic heterocycles. The van der Waals surface area contributed by atoms with Crippen LogP contribution in [0.3, 0.4) is 0 Å². The highest BCUT2D eigenvalue weighted by Crippen LogP contribution is 2.36. The first-order valence-electron chi connectivity index (χ1n) is 5.83. The van der Waals surface area contributed by atoms with Crippen LogP contribution in [-0.2, 0) is 11.9 Å². The Hall–Kier alpha value is -1.12. The molecule has 0 N–H and O–H groups in total. The maximum atomic E-state index is 11.1. The third-order valence-corrected chi connectivity index (χ3v) is 4.91. The standard InChI is InChI=1S/C13H11Br2NO4S/c1-19-11-4-8(6-14)10(16(17)18)5-12(11)20-7-9-2-3-13(15)21-9/h2-5H,6-7H2,1H3. The van der Waals surface area contributed by atoms with E-state index in [-0.39, 0.29) is 5.69 Å². The molecule has 0 saturated carbocycles. The second-order valence-electron chi connectivity index (χ2n) is 4.02. The van der Waals surface area contributed by atoms with Crippen molar-refractivity contribution in [2.24, 2.45) is 0 Å². The van der Waals surface area contributed by atoms with Crippen LogP contribution < -0.4 is 9.47 Å². The second kappa shape index (κ2) is 7.24. The third-order valence-electron chi connectivity index (χ3n) is 2.70. The minimum absolute atomic E-state index is 0.00929. The van der Waals surface area contributed by atoms with Gasteiger partial charge in [-0.15, -0.1) is 11.3 Å². The van der Waals surface area contributed by atoms with E-state index in [1.807, 2.05) is 12.1 Å². The number of nitro groups is 1. The van der Waals surface area contributed by atoms with Crippen molar-refractivity contribution in [1.82, 2.24) is 0 Å². The Balaban J connectivity index is 2.28. The van der Waals surface area contributed by atoms with E-state index < -0.39 is 4.92 Å². The highest BCUT2D eigenvalue weighted by Gasteiger charge is 2.19. The molecule has 2 aromatic rings. The summed E-state index contributed by atoms with van der Waals surface area (Å²) in [6.45, 7) is 0.331. The first-order valence-corrected chi connectivity index (χ1v) is 8.56. The van der Waals surface area contributed by atoms with Crippen LogP contribution in [-0.4, -0.2) is 12.0 Å². The molecule has 0 saturated heterocycles. The molecule has 0 unspecified atom stereocenters. The number of hydrogen-bond donors (Lipinski definition) is 0. The van der Waals surface area contributed by atoms with E-state index >= 15 is 0 Å². The molecule has 8 heteroatoms. The Morgan fingerprint density at radius 1 is 1.33 bits per heavy atom. The number of benzene rings is 1. The maximum absolute atomic E-state index is 11.1. The molecular weight excluding hydrogens is 426 g/mol. The number of alkyl halides is 1. The number of methoxy groups -OCH3 is 1. The van der Waals surface area contributed by atoms with E-state index in [1.54, 1.807) is 17.4 Å². The van der Waals surface area contributed by atoms with Gasteiger partial charge in [0.2, 0.25) is 0 Å². The van der Waals surface area contributed by atoms with Crippen LogP contribution in [0.2, 0.25) is 0 Å². The lowest BCUT2D eigenvalue weighted by Gasteiger charge is -2.11. The third kappa shape index (κ3) is 3.96. The highest BCUT2D eigenvalue weighted by atomic mass is 79.9. The van der Waals surface area contributed by atoms with Crippen molar-refractivity contribution in [1.29, 1.82) is 0 Å². The Kier molecular flexibility index (Phi) is 5.60. The zero-order valence-corrected chi connectivity index (χ0v) is 15.0. The van der Waals surface area contributed by atoms with Gasteiger partial charge in [0.15, 0.2) is 11.5 Å². The minimum Gasteiger partial charge on any atom is -0.493 e. The summed E-state index contributed by atoms with van der Waals surface area (Å²) in [7, 11) is 1.51. The van der Waals surface area contributed by atoms with Crippen LogP contribution in [0.1, 0.15) is 10.4 Å². The summed E-state index contributed by atoms with van der Waals surface area (Å²) in [4.78, 5) is 11.7. The summed E-state index contributed by atoms with van der Waals surface area (Å²) >= 11 is 8.17. The number of thiophene rings is 1. The molecule has 1 aromatic carbocycles. The molecule has 112 valence electrons. The molecule has 0 aliphatic rings. The van der Waals surface area contributed by atoms with Crippen molar-refractivity contribution in [3.8, 4) is 11.5 Å². The topological polar surface area (TPSA) is 61.6 Å². The van der Waals surface area contributed by atoms with Gasteiger partial charge in [0.1, 0.15) is 6.61 Å². The van der Waals surface area contributed by atoms with E-state index in [1.165, 1.54) is 13.2 Å². The van der Waals surface area contributed by atoms with Gasteiger partial charge in [-0.2, -0.15) is 0 Å². The van der Waals surface area contributed by atoms with Gasteiger partial charge >= 0.3 is 0 Å². The summed E-state index contributed by atoms with van der Waals surface area (Å²) in [5.74, 6) is 0.837. The normalized spacial score (nSPS) is 10.4. The summed E-state index contributed by atoms with van der Waals surface area (Å²) in [5, 5.41) is 11.5. The van der Waals surface area contributed by atoms with Crippen molar-refractivity contribution in [3.63, 3.8) is 0 Å². The lowest BCUT2D eigenvalue weighted by molar-refractivity contribution is -0.385. The first-order chi connectivity index (χ1) is 10.0. The smallest absolute Gasteiger partial charge is 0.277 e.